The van der Waals surface area contributed by atoms with E-state index in [4.69, 9.17) is 5.11 Å². The van der Waals surface area contributed by atoms with Gasteiger partial charge in [0.1, 0.15) is 6.04 Å². The third-order valence-electron chi connectivity index (χ3n) is 4.53. The highest BCUT2D eigenvalue weighted by Crippen LogP contribution is 2.22. The molecule has 0 aromatic rings. The van der Waals surface area contributed by atoms with E-state index in [9.17, 15) is 14.7 Å². The van der Waals surface area contributed by atoms with Crippen LogP contribution in [0.4, 0.5) is 4.79 Å². The van der Waals surface area contributed by atoms with Gasteiger partial charge in [0.2, 0.25) is 0 Å². The fourth-order valence-corrected chi connectivity index (χ4v) is 3.39. The maximum absolute atomic E-state index is 12.4. The van der Waals surface area contributed by atoms with Crippen molar-refractivity contribution in [3.8, 4) is 0 Å². The van der Waals surface area contributed by atoms with Crippen molar-refractivity contribution in [2.75, 3.05) is 33.2 Å². The molecule has 2 saturated heterocycles. The molecule has 0 radical (unpaired) electrons. The average Bonchev–Trinajstić information content (AvgIpc) is 3.03. The molecule has 0 aromatic carbocycles. The Morgan fingerprint density at radius 2 is 2.10 bits per heavy atom. The van der Waals surface area contributed by atoms with Crippen LogP contribution in [0.1, 0.15) is 26.2 Å². The number of carboxylic acid groups (broad SMARTS) is 1. The van der Waals surface area contributed by atoms with Crippen LogP contribution in [0, 0.1) is 0 Å². The van der Waals surface area contributed by atoms with Crippen LogP contribution in [0.2, 0.25) is 0 Å². The first-order valence-electron chi connectivity index (χ1n) is 7.60. The normalized spacial score (nSPS) is 29.9. The highest BCUT2D eigenvalue weighted by molar-refractivity contribution is 5.83. The fourth-order valence-electron chi connectivity index (χ4n) is 3.39. The van der Waals surface area contributed by atoms with Crippen molar-refractivity contribution < 1.29 is 19.8 Å². The number of amides is 2. The number of aliphatic carboxylic acids is 1. The van der Waals surface area contributed by atoms with Crippen LogP contribution in [0.25, 0.3) is 0 Å². The van der Waals surface area contributed by atoms with Crippen molar-refractivity contribution in [3.05, 3.63) is 0 Å². The van der Waals surface area contributed by atoms with Crippen LogP contribution in [0.5, 0.6) is 0 Å². The standard InChI is InChI=1S/C14H25N3O4/c1-3-16-6-4-5-10(16)8-15(2)14(21)17-9-11(18)7-12(17)13(19)20/h10-12,18H,3-9H2,1-2H3,(H,19,20). The average molecular weight is 299 g/mol. The van der Waals surface area contributed by atoms with Gasteiger partial charge in [-0.1, -0.05) is 6.92 Å². The van der Waals surface area contributed by atoms with E-state index in [0.717, 1.165) is 25.9 Å². The number of hydrogen-bond acceptors (Lipinski definition) is 4. The maximum Gasteiger partial charge on any atom is 0.326 e. The van der Waals surface area contributed by atoms with Gasteiger partial charge in [0, 0.05) is 32.6 Å². The molecule has 7 heteroatoms. The molecular formula is C14H25N3O4. The molecule has 2 aliphatic heterocycles. The molecule has 2 aliphatic rings. The summed E-state index contributed by atoms with van der Waals surface area (Å²) in [6.45, 7) is 4.83. The van der Waals surface area contributed by atoms with Gasteiger partial charge in [0.25, 0.3) is 0 Å². The molecule has 0 bridgehead atoms. The SMILES string of the molecule is CCN1CCCC1CN(C)C(=O)N1CC(O)CC1C(=O)O. The van der Waals surface area contributed by atoms with Crippen molar-refractivity contribution in [3.63, 3.8) is 0 Å². The molecule has 0 aromatic heterocycles. The lowest BCUT2D eigenvalue weighted by Crippen LogP contribution is -2.50. The van der Waals surface area contributed by atoms with E-state index in [1.54, 1.807) is 11.9 Å². The Kier molecular flexibility index (Phi) is 5.05. The Labute approximate surface area is 125 Å². The van der Waals surface area contributed by atoms with Crippen molar-refractivity contribution in [1.82, 2.24) is 14.7 Å². The highest BCUT2D eigenvalue weighted by Gasteiger charge is 2.40. The van der Waals surface area contributed by atoms with E-state index in [2.05, 4.69) is 11.8 Å². The molecule has 2 amide bonds. The number of carbonyl (C=O) groups is 2. The third-order valence-corrected chi connectivity index (χ3v) is 4.53. The first-order chi connectivity index (χ1) is 9.93. The summed E-state index contributed by atoms with van der Waals surface area (Å²) in [5, 5.41) is 18.8. The molecule has 2 fully saturated rings. The number of aliphatic hydroxyl groups excluding tert-OH is 1. The van der Waals surface area contributed by atoms with Gasteiger partial charge in [-0.25, -0.2) is 9.59 Å². The number of β-amino-alcohol motifs (C(OH)–C–C–N with tert-alkyl or cyclic N) is 1. The summed E-state index contributed by atoms with van der Waals surface area (Å²) in [6, 6.07) is -0.873. The van der Waals surface area contributed by atoms with E-state index >= 15 is 0 Å². The molecule has 120 valence electrons. The van der Waals surface area contributed by atoms with Crippen LogP contribution in [0.15, 0.2) is 0 Å². The summed E-state index contributed by atoms with van der Waals surface area (Å²) in [5.74, 6) is -1.05. The first-order valence-corrected chi connectivity index (χ1v) is 7.60. The van der Waals surface area contributed by atoms with E-state index < -0.39 is 18.1 Å². The maximum atomic E-state index is 12.4. The lowest BCUT2D eigenvalue weighted by atomic mass is 10.2. The van der Waals surface area contributed by atoms with Gasteiger partial charge >= 0.3 is 12.0 Å². The minimum absolute atomic E-state index is 0.0995. The Balaban J connectivity index is 1.97. The summed E-state index contributed by atoms with van der Waals surface area (Å²) in [5.41, 5.74) is 0. The lowest BCUT2D eigenvalue weighted by Gasteiger charge is -2.31. The van der Waals surface area contributed by atoms with Crippen molar-refractivity contribution in [2.45, 2.75) is 44.4 Å². The zero-order valence-electron chi connectivity index (χ0n) is 12.7. The molecule has 3 atom stereocenters. The topological polar surface area (TPSA) is 84.3 Å². The number of carbonyl (C=O) groups excluding carboxylic acids is 1. The minimum Gasteiger partial charge on any atom is -0.480 e. The van der Waals surface area contributed by atoms with E-state index in [1.165, 1.54) is 4.90 Å². The first kappa shape index (κ1) is 16.0. The molecular weight excluding hydrogens is 274 g/mol. The summed E-state index contributed by atoms with van der Waals surface area (Å²) in [6.07, 6.45) is 1.57. The Morgan fingerprint density at radius 1 is 1.38 bits per heavy atom. The number of likely N-dealkylation sites (tertiary alicyclic amines) is 2. The number of urea groups is 1. The zero-order chi connectivity index (χ0) is 15.6. The number of aliphatic hydroxyl groups is 1. The second-order valence-corrected chi connectivity index (χ2v) is 5.98. The predicted octanol–water partition coefficient (Wildman–Crippen LogP) is 0.0423. The van der Waals surface area contributed by atoms with Crippen LogP contribution in [0.3, 0.4) is 0 Å². The second kappa shape index (κ2) is 6.62. The molecule has 0 saturated carbocycles. The van der Waals surface area contributed by atoms with Crippen molar-refractivity contribution >= 4 is 12.0 Å². The number of carboxylic acids is 1. The zero-order valence-corrected chi connectivity index (χ0v) is 12.7. The predicted molar refractivity (Wildman–Crippen MR) is 77.0 cm³/mol. The monoisotopic (exact) mass is 299 g/mol. The van der Waals surface area contributed by atoms with Gasteiger partial charge < -0.3 is 20.0 Å². The number of rotatable bonds is 4. The number of likely N-dealkylation sites (N-methyl/N-ethyl adjacent to an activating group) is 2. The van der Waals surface area contributed by atoms with Gasteiger partial charge in [0.15, 0.2) is 0 Å². The number of hydrogen-bond donors (Lipinski definition) is 2. The molecule has 21 heavy (non-hydrogen) atoms. The van der Waals surface area contributed by atoms with Crippen LogP contribution >= 0.6 is 0 Å². The van der Waals surface area contributed by atoms with Crippen molar-refractivity contribution in [2.24, 2.45) is 0 Å². The van der Waals surface area contributed by atoms with Gasteiger partial charge in [0.05, 0.1) is 6.10 Å². The summed E-state index contributed by atoms with van der Waals surface area (Å²) < 4.78 is 0. The quantitative estimate of drug-likeness (QED) is 0.766. The highest BCUT2D eigenvalue weighted by atomic mass is 16.4. The van der Waals surface area contributed by atoms with Crippen molar-refractivity contribution in [1.29, 1.82) is 0 Å². The van der Waals surface area contributed by atoms with E-state index in [0.29, 0.717) is 12.6 Å². The Bertz CT molecular complexity index is 404. The number of nitrogens with zero attached hydrogens (tertiary/aromatic N) is 3. The molecule has 7 nitrogen and oxygen atoms in total. The van der Waals surface area contributed by atoms with E-state index in [-0.39, 0.29) is 19.0 Å². The fraction of sp³-hybridized carbons (Fsp3) is 0.857. The molecule has 0 spiro atoms. The van der Waals surface area contributed by atoms with Gasteiger partial charge in [-0.15, -0.1) is 0 Å². The van der Waals surface area contributed by atoms with Crippen LogP contribution < -0.4 is 0 Å². The third kappa shape index (κ3) is 3.47. The van der Waals surface area contributed by atoms with Crippen LogP contribution in [-0.4, -0.2) is 88.3 Å². The lowest BCUT2D eigenvalue weighted by molar-refractivity contribution is -0.141. The van der Waals surface area contributed by atoms with Gasteiger partial charge in [-0.2, -0.15) is 0 Å². The van der Waals surface area contributed by atoms with Gasteiger partial charge in [-0.05, 0) is 25.9 Å². The smallest absolute Gasteiger partial charge is 0.326 e. The summed E-state index contributed by atoms with van der Waals surface area (Å²) in [4.78, 5) is 28.9. The Morgan fingerprint density at radius 3 is 2.71 bits per heavy atom. The minimum atomic E-state index is -1.05. The Hall–Kier alpha value is -1.34. The second-order valence-electron chi connectivity index (χ2n) is 5.98. The summed E-state index contributed by atoms with van der Waals surface area (Å²) in [7, 11) is 1.71. The van der Waals surface area contributed by atoms with E-state index in [1.807, 2.05) is 0 Å². The molecule has 2 rings (SSSR count). The molecule has 3 unspecified atom stereocenters. The molecule has 2 N–H and O–H groups in total. The molecule has 0 aliphatic carbocycles. The summed E-state index contributed by atoms with van der Waals surface area (Å²) >= 11 is 0. The van der Waals surface area contributed by atoms with Gasteiger partial charge in [-0.3, -0.25) is 4.90 Å². The largest absolute Gasteiger partial charge is 0.480 e. The molecule has 2 heterocycles. The van der Waals surface area contributed by atoms with Crippen LogP contribution in [-0.2, 0) is 4.79 Å².